The van der Waals surface area contributed by atoms with Crippen molar-refractivity contribution >= 4 is 34.7 Å². The minimum atomic E-state index is -1.66. The van der Waals surface area contributed by atoms with Crippen LogP contribution in [0.5, 0.6) is 0 Å². The second kappa shape index (κ2) is 25.7. The quantitative estimate of drug-likeness (QED) is 0.0250. The Morgan fingerprint density at radius 3 is 0.524 bits per heavy atom. The summed E-state index contributed by atoms with van der Waals surface area (Å²) in [5.41, 5.74) is -5.99. The van der Waals surface area contributed by atoms with Gasteiger partial charge in [-0.05, 0) is 123 Å². The molecule has 6 rings (SSSR count). The highest BCUT2D eigenvalue weighted by Crippen LogP contribution is 2.38. The summed E-state index contributed by atoms with van der Waals surface area (Å²) in [7, 11) is 0. The molecule has 446 valence electrons. The number of aliphatic hydroxyl groups is 6. The van der Waals surface area contributed by atoms with Gasteiger partial charge in [0.05, 0.1) is 19.8 Å². The van der Waals surface area contributed by atoms with Crippen molar-refractivity contribution < 1.29 is 73.6 Å². The molecule has 84 heavy (non-hydrogen) atoms. The van der Waals surface area contributed by atoms with Gasteiger partial charge in [0.25, 0.3) is 0 Å². The van der Waals surface area contributed by atoms with Crippen LogP contribution in [0, 0.1) is 5.41 Å². The molecular formula is C69H80O15. The second-order valence-electron chi connectivity index (χ2n) is 25.0. The van der Waals surface area contributed by atoms with Gasteiger partial charge in [-0.3, -0.25) is 28.8 Å². The first-order valence-corrected chi connectivity index (χ1v) is 27.9. The normalized spacial score (nSPS) is 12.9. The number of benzene rings is 6. The van der Waals surface area contributed by atoms with Gasteiger partial charge in [0.1, 0.15) is 51.9 Å². The Morgan fingerprint density at radius 1 is 0.286 bits per heavy atom. The molecule has 0 saturated carbocycles. The van der Waals surface area contributed by atoms with Crippen molar-refractivity contribution in [2.45, 2.75) is 148 Å². The molecule has 0 radical (unpaired) electrons. The maximum atomic E-state index is 13.2. The molecule has 0 aromatic heterocycles. The number of carbonyl (C=O) groups excluding carboxylic acids is 6. The van der Waals surface area contributed by atoms with Gasteiger partial charge in [0.2, 0.25) is 0 Å². The number of ketones is 6. The Balaban J connectivity index is 1.51. The minimum absolute atomic E-state index is 0.0988. The fraction of sp³-hybridized carbons (Fsp3) is 0.391. The predicted molar refractivity (Wildman–Crippen MR) is 319 cm³/mol. The highest BCUT2D eigenvalue weighted by molar-refractivity contribution is 6.04. The largest absolute Gasteiger partial charge is 0.382 e. The van der Waals surface area contributed by atoms with Crippen LogP contribution in [0.4, 0.5) is 0 Å². The van der Waals surface area contributed by atoms with Crippen molar-refractivity contribution in [1.82, 2.24) is 0 Å². The van der Waals surface area contributed by atoms with Crippen LogP contribution in [-0.2, 0) is 14.2 Å². The molecule has 15 nitrogen and oxygen atoms in total. The summed E-state index contributed by atoms with van der Waals surface area (Å²) < 4.78 is 21.3. The average molecular weight is 1150 g/mol. The van der Waals surface area contributed by atoms with Crippen molar-refractivity contribution in [3.63, 3.8) is 0 Å². The Hall–Kier alpha value is -7.02. The third kappa shape index (κ3) is 16.4. The first-order chi connectivity index (χ1) is 38.8. The van der Waals surface area contributed by atoms with E-state index in [2.05, 4.69) is 0 Å². The number of hydrogen-bond acceptors (Lipinski definition) is 15. The maximum Gasteiger partial charge on any atom is 0.193 e. The molecule has 6 N–H and O–H groups in total. The van der Waals surface area contributed by atoms with Crippen LogP contribution < -0.4 is 0 Å². The van der Waals surface area contributed by atoms with E-state index in [0.29, 0.717) is 39.8 Å². The fourth-order valence-electron chi connectivity index (χ4n) is 9.34. The molecule has 6 aromatic rings. The molecule has 0 saturated heterocycles. The lowest BCUT2D eigenvalue weighted by atomic mass is 9.86. The Kier molecular flexibility index (Phi) is 20.2. The molecule has 0 fully saturated rings. The van der Waals surface area contributed by atoms with Crippen LogP contribution >= 0.6 is 0 Å². The molecule has 0 atom stereocenters. The molecular weight excluding hydrogens is 1070 g/mol. The number of Topliss-reactive ketones (excluding diaryl/α,β-unsaturated/α-hetero) is 6. The smallest absolute Gasteiger partial charge is 0.193 e. The summed E-state index contributed by atoms with van der Waals surface area (Å²) in [6.07, 6.45) is -2.33. The average Bonchev–Trinajstić information content (AvgIpc) is 3.60. The molecule has 0 amide bonds. The number of carbonyl (C=O) groups is 6. The van der Waals surface area contributed by atoms with Crippen LogP contribution in [0.2, 0.25) is 0 Å². The predicted octanol–water partition coefficient (Wildman–Crippen LogP) is 10.5. The number of rotatable bonds is 28. The molecule has 0 bridgehead atoms. The number of ether oxygens (including phenoxy) is 3. The molecule has 6 aromatic carbocycles. The Bertz CT molecular complexity index is 2720. The van der Waals surface area contributed by atoms with Gasteiger partial charge >= 0.3 is 0 Å². The van der Waals surface area contributed by atoms with Crippen molar-refractivity contribution in [2.24, 2.45) is 5.41 Å². The summed E-state index contributed by atoms with van der Waals surface area (Å²) in [6, 6.07) is 39.6. The summed E-state index contributed by atoms with van der Waals surface area (Å²) in [5.74, 6) is -3.01. The molecule has 0 aliphatic heterocycles. The van der Waals surface area contributed by atoms with Crippen molar-refractivity contribution in [2.75, 3.05) is 19.8 Å². The van der Waals surface area contributed by atoms with Crippen molar-refractivity contribution in [3.8, 4) is 0 Å². The summed E-state index contributed by atoms with van der Waals surface area (Å²) in [5, 5.41) is 63.7. The molecule has 0 spiro atoms. The second-order valence-corrected chi connectivity index (χ2v) is 25.0. The van der Waals surface area contributed by atoms with E-state index in [1.54, 1.807) is 146 Å². The standard InChI is InChI=1S/C69H80O15/c1-14-69(39-82-54(42-15-27-48(28-16-42)57(70)63(2,3)76)43-17-29-49(30-18-43)58(71)64(4,5)77,40-83-55(44-19-31-50(32-20-44)59(72)65(6,7)78)45-21-33-51(34-22-45)60(73)66(8,9)79)41-84-56(46-23-35-52(36-24-46)61(74)67(10,11)80)47-25-37-53(38-26-47)62(75)68(12,13)81/h15-38,54-56,76-81H,14,39-41H2,1-13H3. The maximum absolute atomic E-state index is 13.2. The SMILES string of the molecule is CCC(COC(c1ccc(C(=O)C(C)(C)O)cc1)c1ccc(C(=O)C(C)(C)O)cc1)(COC(c1ccc(C(=O)C(C)(C)O)cc1)c1ccc(C(=O)C(C)(C)O)cc1)COC(c1ccc(C(=O)C(C)(C)O)cc1)c1ccc(C(=O)C(C)(C)O)cc1. The molecule has 0 heterocycles. The molecule has 15 heteroatoms. The van der Waals surface area contributed by atoms with Gasteiger partial charge in [-0.1, -0.05) is 153 Å². The van der Waals surface area contributed by atoms with E-state index >= 15 is 0 Å². The Labute approximate surface area is 492 Å². The van der Waals surface area contributed by atoms with Gasteiger partial charge in [0.15, 0.2) is 34.7 Å². The molecule has 0 unspecified atom stereocenters. The first kappa shape index (κ1) is 66.1. The lowest BCUT2D eigenvalue weighted by molar-refractivity contribution is -0.103. The zero-order valence-electron chi connectivity index (χ0n) is 50.3. The third-order valence-corrected chi connectivity index (χ3v) is 14.6. The fourth-order valence-corrected chi connectivity index (χ4v) is 9.34. The van der Waals surface area contributed by atoms with Gasteiger partial charge in [-0.25, -0.2) is 0 Å². The lowest BCUT2D eigenvalue weighted by Gasteiger charge is -2.37. The van der Waals surface area contributed by atoms with E-state index in [0.717, 1.165) is 0 Å². The van der Waals surface area contributed by atoms with Gasteiger partial charge < -0.3 is 44.8 Å². The van der Waals surface area contributed by atoms with Crippen molar-refractivity contribution in [3.05, 3.63) is 212 Å². The summed E-state index contributed by atoms with van der Waals surface area (Å²) in [6.45, 7) is 18.5. The van der Waals surface area contributed by atoms with Crippen molar-refractivity contribution in [1.29, 1.82) is 0 Å². The molecule has 0 aliphatic rings. The lowest BCUT2D eigenvalue weighted by Crippen LogP contribution is -2.38. The number of hydrogen-bond donors (Lipinski definition) is 6. The van der Waals surface area contributed by atoms with E-state index in [1.807, 2.05) is 6.92 Å². The van der Waals surface area contributed by atoms with E-state index in [1.165, 1.54) is 83.1 Å². The van der Waals surface area contributed by atoms with Gasteiger partial charge in [-0.15, -0.1) is 0 Å². The van der Waals surface area contributed by atoms with Gasteiger partial charge in [0, 0.05) is 38.8 Å². The van der Waals surface area contributed by atoms with Crippen LogP contribution in [0.1, 0.15) is 210 Å². The van der Waals surface area contributed by atoms with E-state index in [9.17, 15) is 59.4 Å². The highest BCUT2D eigenvalue weighted by Gasteiger charge is 2.37. The zero-order valence-corrected chi connectivity index (χ0v) is 50.3. The van der Waals surface area contributed by atoms with E-state index < -0.39 is 92.0 Å². The highest BCUT2D eigenvalue weighted by atomic mass is 16.5. The summed E-state index contributed by atoms with van der Waals surface area (Å²) >= 11 is 0. The third-order valence-electron chi connectivity index (χ3n) is 14.6. The van der Waals surface area contributed by atoms with E-state index in [4.69, 9.17) is 14.2 Å². The van der Waals surface area contributed by atoms with Crippen LogP contribution in [0.3, 0.4) is 0 Å². The topological polar surface area (TPSA) is 251 Å². The van der Waals surface area contributed by atoms with Crippen LogP contribution in [0.15, 0.2) is 146 Å². The van der Waals surface area contributed by atoms with Crippen LogP contribution in [0.25, 0.3) is 0 Å². The molecule has 0 aliphatic carbocycles. The van der Waals surface area contributed by atoms with Crippen LogP contribution in [-0.4, -0.2) is 119 Å². The minimum Gasteiger partial charge on any atom is -0.382 e. The Morgan fingerprint density at radius 2 is 0.417 bits per heavy atom. The summed E-state index contributed by atoms with van der Waals surface area (Å²) in [4.78, 5) is 79.5. The van der Waals surface area contributed by atoms with E-state index in [-0.39, 0.29) is 53.2 Å². The zero-order chi connectivity index (χ0) is 62.5. The van der Waals surface area contributed by atoms with Gasteiger partial charge in [-0.2, -0.15) is 0 Å². The first-order valence-electron chi connectivity index (χ1n) is 27.9. The monoisotopic (exact) mass is 1150 g/mol.